The fourth-order valence-electron chi connectivity index (χ4n) is 2.20. The van der Waals surface area contributed by atoms with Crippen LogP contribution >= 0.6 is 0 Å². The molecule has 5 heteroatoms. The summed E-state index contributed by atoms with van der Waals surface area (Å²) in [5.41, 5.74) is 0. The molecule has 1 atom stereocenters. The van der Waals surface area contributed by atoms with Gasteiger partial charge in [0.05, 0.1) is 27.6 Å². The average Bonchev–Trinajstić information content (AvgIpc) is 2.34. The summed E-state index contributed by atoms with van der Waals surface area (Å²) in [7, 11) is 5.82. The van der Waals surface area contributed by atoms with E-state index in [2.05, 4.69) is 6.92 Å². The smallest absolute Gasteiger partial charge is 0.330 e. The second kappa shape index (κ2) is 11.2. The largest absolute Gasteiger partial charge is 0.481 e. The molecule has 0 aromatic rings. The number of hydrogen-bond donors (Lipinski definition) is 1. The Kier molecular flexibility index (Phi) is 10.5. The maximum Gasteiger partial charge on any atom is 0.330 e. The minimum atomic E-state index is -0.953. The Labute approximate surface area is 134 Å². The van der Waals surface area contributed by atoms with Crippen molar-refractivity contribution in [3.63, 3.8) is 0 Å². The van der Waals surface area contributed by atoms with E-state index in [0.717, 1.165) is 12.8 Å². The highest BCUT2D eigenvalue weighted by molar-refractivity contribution is 5.82. The van der Waals surface area contributed by atoms with Crippen molar-refractivity contribution < 1.29 is 23.9 Å². The number of aliphatic carboxylic acids is 1. The summed E-state index contributed by atoms with van der Waals surface area (Å²) < 4.78 is 5.81. The number of hydrogen-bond acceptors (Lipinski definition) is 3. The maximum absolute atomic E-state index is 11.7. The summed E-state index contributed by atoms with van der Waals surface area (Å²) in [6.45, 7) is 2.66. The number of esters is 1. The molecule has 1 N–H and O–H groups in total. The van der Waals surface area contributed by atoms with Gasteiger partial charge in [0.15, 0.2) is 6.10 Å². The van der Waals surface area contributed by atoms with E-state index in [-0.39, 0.29) is 6.42 Å². The Hall–Kier alpha value is -1.36. The average molecular weight is 314 g/mol. The Morgan fingerprint density at radius 1 is 1.14 bits per heavy atom. The van der Waals surface area contributed by atoms with Crippen molar-refractivity contribution in [2.24, 2.45) is 0 Å². The third-order valence-electron chi connectivity index (χ3n) is 3.16. The molecule has 0 spiro atoms. The van der Waals surface area contributed by atoms with Gasteiger partial charge >= 0.3 is 11.9 Å². The molecule has 0 saturated heterocycles. The molecule has 0 aromatic carbocycles. The third-order valence-corrected chi connectivity index (χ3v) is 3.16. The van der Waals surface area contributed by atoms with Crippen LogP contribution < -0.4 is 0 Å². The van der Waals surface area contributed by atoms with E-state index in [1.165, 1.54) is 31.8 Å². The molecule has 22 heavy (non-hydrogen) atoms. The molecule has 128 valence electrons. The van der Waals surface area contributed by atoms with Crippen LogP contribution in [0.3, 0.4) is 0 Å². The summed E-state index contributed by atoms with van der Waals surface area (Å²) in [5.74, 6) is -1.40. The number of rotatable bonds is 12. The lowest BCUT2D eigenvalue weighted by Gasteiger charge is -2.28. The molecule has 0 aliphatic heterocycles. The Bertz CT molecular complexity index is 358. The molecule has 0 aromatic heterocycles. The van der Waals surface area contributed by atoms with Crippen LogP contribution in [-0.2, 0) is 14.3 Å². The van der Waals surface area contributed by atoms with Gasteiger partial charge in [-0.05, 0) is 12.8 Å². The molecule has 0 saturated carbocycles. The molecular weight excluding hydrogens is 282 g/mol. The van der Waals surface area contributed by atoms with Crippen LogP contribution in [-0.4, -0.2) is 55.3 Å². The molecule has 0 aliphatic carbocycles. The minimum absolute atomic E-state index is 0.161. The van der Waals surface area contributed by atoms with E-state index in [4.69, 9.17) is 9.84 Å². The predicted molar refractivity (Wildman–Crippen MR) is 87.5 cm³/mol. The fourth-order valence-corrected chi connectivity index (χ4v) is 2.20. The van der Waals surface area contributed by atoms with Crippen LogP contribution in [0.2, 0.25) is 0 Å². The molecule has 0 aliphatic rings. The van der Waals surface area contributed by atoms with Crippen molar-refractivity contribution in [3.05, 3.63) is 12.2 Å². The standard InChI is InChI=1S/C17H31NO4/c1-5-6-7-8-9-10-11-12-17(21)22-15(13-16(19)20)14-18(2,3)4/h11-12,15H,5-10,13-14H2,1-4H3/p+1/b12-11+. The Morgan fingerprint density at radius 2 is 1.77 bits per heavy atom. The van der Waals surface area contributed by atoms with Crippen molar-refractivity contribution in [1.82, 2.24) is 0 Å². The zero-order chi connectivity index (χ0) is 17.0. The summed E-state index contributed by atoms with van der Waals surface area (Å²) >= 11 is 0. The fraction of sp³-hybridized carbons (Fsp3) is 0.765. The van der Waals surface area contributed by atoms with Crippen molar-refractivity contribution in [2.75, 3.05) is 27.7 Å². The molecule has 0 radical (unpaired) electrons. The normalized spacial score (nSPS) is 13.3. The van der Waals surface area contributed by atoms with Crippen LogP contribution in [0.5, 0.6) is 0 Å². The highest BCUT2D eigenvalue weighted by atomic mass is 16.5. The number of carbonyl (C=O) groups is 2. The van der Waals surface area contributed by atoms with Crippen molar-refractivity contribution in [2.45, 2.75) is 58.0 Å². The van der Waals surface area contributed by atoms with Crippen LogP contribution in [0.15, 0.2) is 12.2 Å². The molecule has 0 amide bonds. The number of ether oxygens (including phenoxy) is 1. The quantitative estimate of drug-likeness (QED) is 0.260. The molecular formula is C17H32NO4+. The van der Waals surface area contributed by atoms with Gasteiger partial charge in [-0.2, -0.15) is 0 Å². The number of carbonyl (C=O) groups excluding carboxylic acids is 1. The number of carboxylic acid groups (broad SMARTS) is 1. The lowest BCUT2D eigenvalue weighted by molar-refractivity contribution is -0.873. The molecule has 1 unspecified atom stereocenters. The SMILES string of the molecule is CCCCCCC/C=C/C(=O)OC(CC(=O)O)C[N+](C)(C)C. The third kappa shape index (κ3) is 13.6. The van der Waals surface area contributed by atoms with Gasteiger partial charge in [-0.1, -0.05) is 38.7 Å². The van der Waals surface area contributed by atoms with E-state index < -0.39 is 18.0 Å². The highest BCUT2D eigenvalue weighted by Crippen LogP contribution is 2.07. The van der Waals surface area contributed by atoms with Crippen LogP contribution in [0.25, 0.3) is 0 Å². The molecule has 0 fully saturated rings. The van der Waals surface area contributed by atoms with Crippen molar-refractivity contribution >= 4 is 11.9 Å². The zero-order valence-electron chi connectivity index (χ0n) is 14.5. The van der Waals surface area contributed by atoms with Gasteiger partial charge in [0.2, 0.25) is 0 Å². The predicted octanol–water partition coefficient (Wildman–Crippen LogP) is 3.00. The van der Waals surface area contributed by atoms with E-state index >= 15 is 0 Å². The van der Waals surface area contributed by atoms with Gasteiger partial charge in [0.25, 0.3) is 0 Å². The number of quaternary nitrogens is 1. The lowest BCUT2D eigenvalue weighted by Crippen LogP contribution is -2.43. The first kappa shape index (κ1) is 20.6. The number of carboxylic acids is 1. The maximum atomic E-state index is 11.7. The van der Waals surface area contributed by atoms with Gasteiger partial charge in [-0.25, -0.2) is 4.79 Å². The lowest BCUT2D eigenvalue weighted by atomic mass is 10.1. The van der Waals surface area contributed by atoms with E-state index in [9.17, 15) is 9.59 Å². The van der Waals surface area contributed by atoms with Crippen molar-refractivity contribution in [3.8, 4) is 0 Å². The number of unbranched alkanes of at least 4 members (excludes halogenated alkanes) is 5. The first-order valence-electron chi connectivity index (χ1n) is 8.14. The monoisotopic (exact) mass is 314 g/mol. The van der Waals surface area contributed by atoms with Crippen LogP contribution in [0, 0.1) is 0 Å². The number of nitrogens with zero attached hydrogens (tertiary/aromatic N) is 1. The van der Waals surface area contributed by atoms with Gasteiger partial charge in [-0.3, -0.25) is 4.79 Å². The summed E-state index contributed by atoms with van der Waals surface area (Å²) in [6.07, 6.45) is 9.30. The van der Waals surface area contributed by atoms with E-state index in [1.54, 1.807) is 0 Å². The second-order valence-electron chi connectivity index (χ2n) is 6.73. The first-order valence-corrected chi connectivity index (χ1v) is 8.14. The van der Waals surface area contributed by atoms with Gasteiger partial charge in [0, 0.05) is 6.08 Å². The van der Waals surface area contributed by atoms with Crippen molar-refractivity contribution in [1.29, 1.82) is 0 Å². The highest BCUT2D eigenvalue weighted by Gasteiger charge is 2.23. The van der Waals surface area contributed by atoms with E-state index in [0.29, 0.717) is 11.0 Å². The van der Waals surface area contributed by atoms with Crippen LogP contribution in [0.4, 0.5) is 0 Å². The summed E-state index contributed by atoms with van der Waals surface area (Å²) in [5, 5.41) is 8.89. The van der Waals surface area contributed by atoms with Crippen LogP contribution in [0.1, 0.15) is 51.9 Å². The Balaban J connectivity index is 4.13. The zero-order valence-corrected chi connectivity index (χ0v) is 14.5. The molecule has 0 bridgehead atoms. The summed E-state index contributed by atoms with van der Waals surface area (Å²) in [6, 6.07) is 0. The van der Waals surface area contributed by atoms with E-state index in [1.807, 2.05) is 27.2 Å². The number of likely N-dealkylation sites (N-methyl/N-ethyl adjacent to an activating group) is 1. The first-order chi connectivity index (χ1) is 10.2. The second-order valence-corrected chi connectivity index (χ2v) is 6.73. The summed E-state index contributed by atoms with van der Waals surface area (Å²) in [4.78, 5) is 22.6. The van der Waals surface area contributed by atoms with Gasteiger partial charge in [0.1, 0.15) is 6.54 Å². The number of allylic oxidation sites excluding steroid dienone is 1. The topological polar surface area (TPSA) is 63.6 Å². The molecule has 0 heterocycles. The Morgan fingerprint density at radius 3 is 2.32 bits per heavy atom. The van der Waals surface area contributed by atoms with Gasteiger partial charge < -0.3 is 14.3 Å². The minimum Gasteiger partial charge on any atom is -0.481 e. The molecule has 0 rings (SSSR count). The van der Waals surface area contributed by atoms with Gasteiger partial charge in [-0.15, -0.1) is 0 Å². The molecule has 5 nitrogen and oxygen atoms in total.